The Hall–Kier alpha value is -3.43. The van der Waals surface area contributed by atoms with E-state index in [1.807, 2.05) is 55.5 Å². The summed E-state index contributed by atoms with van der Waals surface area (Å²) in [6.07, 6.45) is 0.0526. The first-order chi connectivity index (χ1) is 16.6. The molecule has 0 radical (unpaired) electrons. The van der Waals surface area contributed by atoms with Crippen LogP contribution in [0.3, 0.4) is 0 Å². The molecule has 34 heavy (non-hydrogen) atoms. The van der Waals surface area contributed by atoms with Crippen LogP contribution in [0.4, 0.5) is 0 Å². The van der Waals surface area contributed by atoms with E-state index in [9.17, 15) is 14.7 Å². The van der Waals surface area contributed by atoms with Gasteiger partial charge in [-0.05, 0) is 30.7 Å². The summed E-state index contributed by atoms with van der Waals surface area (Å²) >= 11 is 0. The van der Waals surface area contributed by atoms with Crippen LogP contribution in [0, 0.1) is 0 Å². The number of amides is 2. The first-order valence-electron chi connectivity index (χ1n) is 11.5. The maximum Gasteiger partial charge on any atom is 0.261 e. The van der Waals surface area contributed by atoms with E-state index in [2.05, 4.69) is 21.2 Å². The van der Waals surface area contributed by atoms with E-state index in [4.69, 9.17) is 9.47 Å². The predicted molar refractivity (Wildman–Crippen MR) is 129 cm³/mol. The molecular weight excluding hydrogens is 436 g/mol. The van der Waals surface area contributed by atoms with Crippen LogP contribution in [0.2, 0.25) is 0 Å². The molecule has 9 heteroatoms. The third-order valence-electron chi connectivity index (χ3n) is 5.20. The molecule has 1 heterocycles. The molecule has 1 aliphatic rings. The number of carbonyl (C=O) groups excluding carboxylic acids is 2. The van der Waals surface area contributed by atoms with Crippen molar-refractivity contribution in [3.05, 3.63) is 60.2 Å². The third kappa shape index (κ3) is 7.86. The third-order valence-corrected chi connectivity index (χ3v) is 5.20. The summed E-state index contributed by atoms with van der Waals surface area (Å²) in [7, 11) is 0. The first-order valence-corrected chi connectivity index (χ1v) is 11.5. The van der Waals surface area contributed by atoms with Gasteiger partial charge in [0.2, 0.25) is 5.91 Å². The van der Waals surface area contributed by atoms with E-state index in [0.717, 1.165) is 11.3 Å². The van der Waals surface area contributed by atoms with Gasteiger partial charge >= 0.3 is 0 Å². The average molecular weight is 469 g/mol. The van der Waals surface area contributed by atoms with Gasteiger partial charge in [0.15, 0.2) is 6.10 Å². The average Bonchev–Trinajstić information content (AvgIpc) is 2.87. The van der Waals surface area contributed by atoms with Gasteiger partial charge in [-0.3, -0.25) is 9.59 Å². The Morgan fingerprint density at radius 1 is 1.12 bits per heavy atom. The van der Waals surface area contributed by atoms with Gasteiger partial charge < -0.3 is 25.2 Å². The molecule has 0 saturated carbocycles. The fourth-order valence-corrected chi connectivity index (χ4v) is 3.38. The summed E-state index contributed by atoms with van der Waals surface area (Å²) in [5.74, 6) is 0.934. The van der Waals surface area contributed by atoms with Gasteiger partial charge in [0.25, 0.3) is 5.91 Å². The molecule has 182 valence electrons. The number of rotatable bonds is 13. The van der Waals surface area contributed by atoms with E-state index in [1.165, 1.54) is 0 Å². The lowest BCUT2D eigenvalue weighted by Gasteiger charge is -2.21. The topological polar surface area (TPSA) is 121 Å². The van der Waals surface area contributed by atoms with Crippen molar-refractivity contribution in [2.24, 2.45) is 5.10 Å². The molecule has 0 aliphatic carbocycles. The van der Waals surface area contributed by atoms with E-state index >= 15 is 0 Å². The van der Waals surface area contributed by atoms with Gasteiger partial charge in [0.05, 0.1) is 5.71 Å². The monoisotopic (exact) mass is 468 g/mol. The number of nitrogens with one attached hydrogen (secondary N) is 3. The number of hydrogen-bond acceptors (Lipinski definition) is 7. The van der Waals surface area contributed by atoms with Crippen molar-refractivity contribution >= 4 is 17.5 Å². The standard InChI is InChI=1S/C25H32N4O5/c1-2-22(34-23-11-7-6-10-20(23)21-12-13-24(31)29-28-21)25(32)27-15-14-26-16-18(30)17-33-19-8-4-3-5-9-19/h3-11,18,22,26,30H,2,12-17H2,1H3,(H,27,32)(H,29,31). The smallest absolute Gasteiger partial charge is 0.261 e. The van der Waals surface area contributed by atoms with E-state index in [0.29, 0.717) is 50.4 Å². The zero-order valence-corrected chi connectivity index (χ0v) is 19.3. The lowest BCUT2D eigenvalue weighted by molar-refractivity contribution is -0.128. The summed E-state index contributed by atoms with van der Waals surface area (Å²) in [6.45, 7) is 3.31. The number of carbonyl (C=O) groups is 2. The number of aliphatic hydroxyl groups is 1. The van der Waals surface area contributed by atoms with Crippen LogP contribution in [0.15, 0.2) is 59.7 Å². The van der Waals surface area contributed by atoms with Crippen LogP contribution < -0.4 is 25.5 Å². The van der Waals surface area contributed by atoms with E-state index < -0.39 is 12.2 Å². The zero-order valence-electron chi connectivity index (χ0n) is 19.3. The molecule has 2 amide bonds. The van der Waals surface area contributed by atoms with Gasteiger partial charge in [-0.15, -0.1) is 0 Å². The van der Waals surface area contributed by atoms with Crippen LogP contribution in [0.1, 0.15) is 31.7 Å². The highest BCUT2D eigenvalue weighted by Crippen LogP contribution is 2.23. The second-order valence-corrected chi connectivity index (χ2v) is 7.88. The summed E-state index contributed by atoms with van der Waals surface area (Å²) in [5.41, 5.74) is 3.99. The lowest BCUT2D eigenvalue weighted by atomic mass is 10.0. The van der Waals surface area contributed by atoms with Crippen molar-refractivity contribution in [2.45, 2.75) is 38.4 Å². The molecule has 0 saturated heterocycles. The molecule has 2 aromatic carbocycles. The Balaban J connectivity index is 1.40. The van der Waals surface area contributed by atoms with Gasteiger partial charge in [-0.1, -0.05) is 37.3 Å². The van der Waals surface area contributed by atoms with Crippen LogP contribution in [0.25, 0.3) is 0 Å². The van der Waals surface area contributed by atoms with Gasteiger partial charge in [-0.25, -0.2) is 5.43 Å². The summed E-state index contributed by atoms with van der Waals surface area (Å²) in [5, 5.41) is 20.1. The Morgan fingerprint density at radius 2 is 1.88 bits per heavy atom. The number of ether oxygens (including phenoxy) is 2. The fraction of sp³-hybridized carbons (Fsp3) is 0.400. The number of benzene rings is 2. The van der Waals surface area contributed by atoms with Gasteiger partial charge in [0, 0.05) is 38.0 Å². The van der Waals surface area contributed by atoms with E-state index in [1.54, 1.807) is 6.07 Å². The minimum Gasteiger partial charge on any atom is -0.491 e. The number of hydrogen-bond donors (Lipinski definition) is 4. The van der Waals surface area contributed by atoms with Crippen molar-refractivity contribution in [3.8, 4) is 11.5 Å². The number of hydrazone groups is 1. The number of nitrogens with zero attached hydrogens (tertiary/aromatic N) is 1. The lowest BCUT2D eigenvalue weighted by Crippen LogP contribution is -2.42. The van der Waals surface area contributed by atoms with Crippen LogP contribution in [-0.2, 0) is 9.59 Å². The summed E-state index contributed by atoms with van der Waals surface area (Å²) in [6, 6.07) is 16.7. The predicted octanol–water partition coefficient (Wildman–Crippen LogP) is 1.60. The van der Waals surface area contributed by atoms with Crippen LogP contribution in [0.5, 0.6) is 11.5 Å². The molecule has 0 spiro atoms. The molecule has 3 rings (SSSR count). The largest absolute Gasteiger partial charge is 0.491 e. The Morgan fingerprint density at radius 3 is 2.62 bits per heavy atom. The molecule has 2 aromatic rings. The molecule has 2 unspecified atom stereocenters. The highest BCUT2D eigenvalue weighted by molar-refractivity contribution is 6.06. The molecule has 0 aromatic heterocycles. The molecule has 0 bridgehead atoms. The van der Waals surface area contributed by atoms with Crippen molar-refractivity contribution < 1.29 is 24.2 Å². The van der Waals surface area contributed by atoms with Crippen LogP contribution in [-0.4, -0.2) is 61.1 Å². The Labute approximate surface area is 199 Å². The van der Waals surface area contributed by atoms with Gasteiger partial charge in [0.1, 0.15) is 24.2 Å². The number of aliphatic hydroxyl groups excluding tert-OH is 1. The molecular formula is C25H32N4O5. The molecule has 1 aliphatic heterocycles. The Bertz CT molecular complexity index is 967. The zero-order chi connectivity index (χ0) is 24.2. The van der Waals surface area contributed by atoms with Crippen LogP contribution >= 0.6 is 0 Å². The molecule has 9 nitrogen and oxygen atoms in total. The van der Waals surface area contributed by atoms with Crippen molar-refractivity contribution in [3.63, 3.8) is 0 Å². The molecule has 0 fully saturated rings. The Kier molecular flexibility index (Phi) is 9.87. The summed E-state index contributed by atoms with van der Waals surface area (Å²) in [4.78, 5) is 24.0. The highest BCUT2D eigenvalue weighted by atomic mass is 16.5. The van der Waals surface area contributed by atoms with E-state index in [-0.39, 0.29) is 18.4 Å². The maximum absolute atomic E-state index is 12.6. The van der Waals surface area contributed by atoms with Crippen molar-refractivity contribution in [1.29, 1.82) is 0 Å². The first kappa shape index (κ1) is 25.2. The molecule has 4 N–H and O–H groups in total. The quantitative estimate of drug-likeness (QED) is 0.332. The normalized spacial score (nSPS) is 15.0. The second kappa shape index (κ2) is 13.3. The second-order valence-electron chi connectivity index (χ2n) is 7.88. The minimum absolute atomic E-state index is 0.113. The van der Waals surface area contributed by atoms with Crippen molar-refractivity contribution in [2.75, 3.05) is 26.2 Å². The van der Waals surface area contributed by atoms with Gasteiger partial charge in [-0.2, -0.15) is 5.10 Å². The molecule has 2 atom stereocenters. The maximum atomic E-state index is 12.6. The minimum atomic E-state index is -0.662. The number of para-hydroxylation sites is 2. The SMILES string of the molecule is CCC(Oc1ccccc1C1=NNC(=O)CC1)C(=O)NCCNCC(O)COc1ccccc1. The fourth-order valence-electron chi connectivity index (χ4n) is 3.38. The highest BCUT2D eigenvalue weighted by Gasteiger charge is 2.22. The summed E-state index contributed by atoms with van der Waals surface area (Å²) < 4.78 is 11.5. The van der Waals surface area contributed by atoms with Crippen molar-refractivity contribution in [1.82, 2.24) is 16.1 Å².